The van der Waals surface area contributed by atoms with Gasteiger partial charge in [-0.25, -0.2) is 4.98 Å². The molecule has 0 saturated carbocycles. The van der Waals surface area contributed by atoms with Crippen molar-refractivity contribution in [3.8, 4) is 5.82 Å². The van der Waals surface area contributed by atoms with Gasteiger partial charge in [-0.05, 0) is 97.4 Å². The summed E-state index contributed by atoms with van der Waals surface area (Å²) in [5.74, 6) is 0.916. The van der Waals surface area contributed by atoms with Gasteiger partial charge in [0.25, 0.3) is 0 Å². The Balaban J connectivity index is 0.00000567. The molecule has 58 heavy (non-hydrogen) atoms. The number of nitrogens with zero attached hydrogens (tertiary/aromatic N) is 4. The molecule has 0 amide bonds. The third-order valence-corrected chi connectivity index (χ3v) is 12.0. The molecule has 4 aromatic carbocycles. The Hall–Kier alpha value is -3.79. The van der Waals surface area contributed by atoms with Crippen LogP contribution >= 0.6 is 11.8 Å². The summed E-state index contributed by atoms with van der Waals surface area (Å²) >= 11 is 1.72. The molecule has 1 aliphatic heterocycles. The van der Waals surface area contributed by atoms with Crippen LogP contribution in [0.3, 0.4) is 0 Å². The predicted octanol–water partition coefficient (Wildman–Crippen LogP) is 14.3. The van der Waals surface area contributed by atoms with Crippen LogP contribution in [0.5, 0.6) is 0 Å². The van der Waals surface area contributed by atoms with Gasteiger partial charge >= 0.3 is 0 Å². The molecule has 3 heterocycles. The van der Waals surface area contributed by atoms with Crippen molar-refractivity contribution in [1.82, 2.24) is 9.55 Å². The minimum atomic E-state index is -0.0560. The molecular weight excluding hydrogens is 908 g/mol. The summed E-state index contributed by atoms with van der Waals surface area (Å²) in [5, 5.41) is 2.38. The molecule has 0 N–H and O–H groups in total. The fourth-order valence-corrected chi connectivity index (χ4v) is 8.11. The van der Waals surface area contributed by atoms with Crippen LogP contribution < -0.4 is 9.80 Å². The van der Waals surface area contributed by atoms with Gasteiger partial charge in [0.15, 0.2) is 0 Å². The zero-order valence-corrected chi connectivity index (χ0v) is 40.3. The number of benzene rings is 4. The Morgan fingerprint density at radius 1 is 0.517 bits per heavy atom. The third kappa shape index (κ3) is 9.02. The van der Waals surface area contributed by atoms with E-state index in [-0.39, 0.29) is 48.1 Å². The van der Waals surface area contributed by atoms with Crippen LogP contribution in [0.1, 0.15) is 132 Å². The number of anilines is 2. The van der Waals surface area contributed by atoms with Crippen LogP contribution in [0.25, 0.3) is 27.6 Å². The number of hydrogen-bond donors (Lipinski definition) is 0. The van der Waals surface area contributed by atoms with Gasteiger partial charge in [0.05, 0.1) is 0 Å². The average Bonchev–Trinajstić information content (AvgIpc) is 3.73. The molecule has 0 aliphatic carbocycles. The van der Waals surface area contributed by atoms with E-state index in [1.165, 1.54) is 44.3 Å². The zero-order chi connectivity index (χ0) is 41.5. The second-order valence-electron chi connectivity index (χ2n) is 21.0. The predicted molar refractivity (Wildman–Crippen MR) is 245 cm³/mol. The molecular formula is C52H61N4PtS-3. The van der Waals surface area contributed by atoms with E-state index >= 15 is 0 Å². The zero-order valence-electron chi connectivity index (χ0n) is 37.3. The standard InChI is InChI=1S/C52H61N4S.Pt/c1-48(2,3)34-16-18-43-44-19-17-41(32-46(44)56(45(43)29-34)47-30-35(20-21-53-47)49(4,5)6)57-42-28-38(52(13,14)15)27-40(31-42)55-23-22-54(33-55)39-25-36(50(7,8)9)24-37(26-39)51(10,11)12;/h16-30,33H,1-15H3;/q-3;. The van der Waals surface area contributed by atoms with Gasteiger partial charge in [-0.1, -0.05) is 128 Å². The van der Waals surface area contributed by atoms with Crippen LogP contribution in [0.4, 0.5) is 11.4 Å². The van der Waals surface area contributed by atoms with Gasteiger partial charge in [-0.2, -0.15) is 18.2 Å². The monoisotopic (exact) mass is 968 g/mol. The SMILES string of the molecule is CC(C)(C)c1cc(Sc2[c-]c3c(cc2)c2ccc(C(C)(C)C)cc2n3-c2cc(C(C)(C)C)ccn2)[c-]c(N2C=CN(c3cc(C(C)(C)C)cc(C(C)(C)C)c3)[CH-]2)c1.[Pt]. The van der Waals surface area contributed by atoms with Gasteiger partial charge < -0.3 is 14.4 Å². The van der Waals surface area contributed by atoms with E-state index in [2.05, 4.69) is 222 Å². The number of aromatic nitrogens is 2. The molecule has 0 saturated heterocycles. The summed E-state index contributed by atoms with van der Waals surface area (Å²) in [6, 6.07) is 35.1. The molecule has 2 aromatic heterocycles. The molecule has 4 nitrogen and oxygen atoms in total. The largest absolute Gasteiger partial charge is 0.500 e. The second-order valence-corrected chi connectivity index (χ2v) is 22.1. The van der Waals surface area contributed by atoms with Crippen molar-refractivity contribution in [3.63, 3.8) is 0 Å². The van der Waals surface area contributed by atoms with Crippen LogP contribution in [-0.4, -0.2) is 9.55 Å². The fraction of sp³-hybridized carbons (Fsp3) is 0.385. The number of pyridine rings is 1. The summed E-state index contributed by atoms with van der Waals surface area (Å²) in [6.07, 6.45) is 6.26. The van der Waals surface area contributed by atoms with Crippen LogP contribution in [0.2, 0.25) is 0 Å². The first-order valence-corrected chi connectivity index (χ1v) is 21.2. The van der Waals surface area contributed by atoms with E-state index in [9.17, 15) is 0 Å². The van der Waals surface area contributed by atoms with Crippen molar-refractivity contribution in [3.05, 3.63) is 138 Å². The van der Waals surface area contributed by atoms with Crippen molar-refractivity contribution in [2.45, 2.75) is 141 Å². The fourth-order valence-electron chi connectivity index (χ4n) is 7.24. The van der Waals surface area contributed by atoms with Gasteiger partial charge in [0.1, 0.15) is 5.82 Å². The molecule has 6 heteroatoms. The van der Waals surface area contributed by atoms with E-state index < -0.39 is 0 Å². The summed E-state index contributed by atoms with van der Waals surface area (Å²) < 4.78 is 2.32. The maximum atomic E-state index is 4.97. The molecule has 308 valence electrons. The number of hydrogen-bond acceptors (Lipinski definition) is 4. The second kappa shape index (κ2) is 15.3. The Bertz CT molecular complexity index is 2480. The van der Waals surface area contributed by atoms with E-state index in [1.54, 1.807) is 11.8 Å². The van der Waals surface area contributed by atoms with Crippen molar-refractivity contribution in [2.24, 2.45) is 0 Å². The summed E-state index contributed by atoms with van der Waals surface area (Å²) in [6.45, 7) is 36.4. The molecule has 0 radical (unpaired) electrons. The van der Waals surface area contributed by atoms with E-state index in [4.69, 9.17) is 4.98 Å². The summed E-state index contributed by atoms with van der Waals surface area (Å²) in [4.78, 5) is 11.5. The first-order valence-electron chi connectivity index (χ1n) is 20.4. The Morgan fingerprint density at radius 2 is 1.07 bits per heavy atom. The van der Waals surface area contributed by atoms with Crippen molar-refractivity contribution in [2.75, 3.05) is 9.80 Å². The topological polar surface area (TPSA) is 24.3 Å². The average molecular weight is 969 g/mol. The molecule has 0 unspecified atom stereocenters. The normalized spacial score (nSPS) is 14.2. The smallest absolute Gasteiger partial charge is 0.135 e. The van der Waals surface area contributed by atoms with Crippen LogP contribution in [0.15, 0.2) is 101 Å². The van der Waals surface area contributed by atoms with Crippen molar-refractivity contribution < 1.29 is 21.1 Å². The maximum absolute atomic E-state index is 4.97. The molecule has 1 aliphatic rings. The molecule has 0 fully saturated rings. The quantitative estimate of drug-likeness (QED) is 0.161. The first-order chi connectivity index (χ1) is 26.4. The van der Waals surface area contributed by atoms with E-state index in [1.807, 2.05) is 6.20 Å². The van der Waals surface area contributed by atoms with Gasteiger partial charge in [-0.15, -0.1) is 63.1 Å². The maximum Gasteiger partial charge on any atom is 0.135 e. The Kier molecular flexibility index (Phi) is 11.6. The minimum Gasteiger partial charge on any atom is -0.500 e. The van der Waals surface area contributed by atoms with Gasteiger partial charge in [0, 0.05) is 38.5 Å². The molecule has 0 atom stereocenters. The molecule has 7 rings (SSSR count). The number of rotatable bonds is 5. The van der Waals surface area contributed by atoms with Crippen LogP contribution in [0, 0.1) is 18.8 Å². The number of fused-ring (bicyclic) bond motifs is 3. The van der Waals surface area contributed by atoms with Crippen molar-refractivity contribution in [1.29, 1.82) is 0 Å². The Labute approximate surface area is 367 Å². The van der Waals surface area contributed by atoms with E-state index in [0.29, 0.717) is 0 Å². The summed E-state index contributed by atoms with van der Waals surface area (Å²) in [5.41, 5.74) is 10.9. The molecule has 0 bridgehead atoms. The van der Waals surface area contributed by atoms with E-state index in [0.717, 1.165) is 32.3 Å². The molecule has 0 spiro atoms. The third-order valence-electron chi connectivity index (χ3n) is 11.1. The van der Waals surface area contributed by atoms with Crippen LogP contribution in [-0.2, 0) is 48.1 Å². The van der Waals surface area contributed by atoms with Crippen molar-refractivity contribution >= 4 is 44.9 Å². The summed E-state index contributed by atoms with van der Waals surface area (Å²) in [7, 11) is 0. The first kappa shape index (κ1) is 43.8. The Morgan fingerprint density at radius 3 is 1.67 bits per heavy atom. The molecule has 6 aromatic rings. The van der Waals surface area contributed by atoms with Gasteiger partial charge in [-0.3, -0.25) is 0 Å². The van der Waals surface area contributed by atoms with Gasteiger partial charge in [0.2, 0.25) is 0 Å². The minimum absolute atomic E-state index is 0.